The Kier molecular flexibility index (Phi) is 2.30. The molecule has 1 aliphatic heterocycles. The molecular formula is C6H11N3O2. The van der Waals surface area contributed by atoms with E-state index in [-0.39, 0.29) is 0 Å². The van der Waals surface area contributed by atoms with Crippen LogP contribution in [-0.4, -0.2) is 31.1 Å². The van der Waals surface area contributed by atoms with Crippen molar-refractivity contribution in [3.63, 3.8) is 0 Å². The number of hydrogen-bond donors (Lipinski definition) is 3. The third-order valence-corrected chi connectivity index (χ3v) is 1.44. The Hall–Kier alpha value is -1.26. The lowest BCUT2D eigenvalue weighted by Gasteiger charge is -2.09. The molecule has 0 bridgehead atoms. The summed E-state index contributed by atoms with van der Waals surface area (Å²) in [7, 11) is 0. The van der Waals surface area contributed by atoms with Crippen LogP contribution in [0, 0.1) is 0 Å². The molecule has 0 saturated carbocycles. The highest BCUT2D eigenvalue weighted by molar-refractivity contribution is 5.81. The van der Waals surface area contributed by atoms with Gasteiger partial charge in [0, 0.05) is 0 Å². The summed E-state index contributed by atoms with van der Waals surface area (Å²) in [5.41, 5.74) is 0. The van der Waals surface area contributed by atoms with Crippen LogP contribution < -0.4 is 20.7 Å². The van der Waals surface area contributed by atoms with E-state index in [9.17, 15) is 9.90 Å². The van der Waals surface area contributed by atoms with Crippen LogP contribution in [0.3, 0.4) is 0 Å². The van der Waals surface area contributed by atoms with Gasteiger partial charge in [0.05, 0.1) is 19.1 Å². The predicted molar refractivity (Wildman–Crippen MR) is 36.4 cm³/mol. The maximum atomic E-state index is 10.2. The van der Waals surface area contributed by atoms with Crippen molar-refractivity contribution in [3.8, 4) is 0 Å². The van der Waals surface area contributed by atoms with E-state index < -0.39 is 12.0 Å². The van der Waals surface area contributed by atoms with Crippen molar-refractivity contribution in [1.29, 1.82) is 0 Å². The monoisotopic (exact) mass is 157 g/mol. The lowest BCUT2D eigenvalue weighted by atomic mass is 10.3. The molecule has 0 aromatic heterocycles. The molecule has 0 saturated heterocycles. The van der Waals surface area contributed by atoms with Gasteiger partial charge in [0.2, 0.25) is 0 Å². The maximum Gasteiger partial charge on any atom is 0.344 e. The van der Waals surface area contributed by atoms with Gasteiger partial charge < -0.3 is 9.90 Å². The number of carboxylic acid groups (broad SMARTS) is 1. The Bertz CT molecular complexity index is 190. The molecule has 0 unspecified atom stereocenters. The first-order chi connectivity index (χ1) is 5.20. The zero-order valence-corrected chi connectivity index (χ0v) is 6.31. The van der Waals surface area contributed by atoms with Gasteiger partial charge in [0.25, 0.3) is 0 Å². The first-order valence-corrected chi connectivity index (χ1v) is 3.52. The zero-order chi connectivity index (χ0) is 8.27. The molecule has 5 nitrogen and oxygen atoms in total. The van der Waals surface area contributed by atoms with Crippen molar-refractivity contribution >= 4 is 11.9 Å². The van der Waals surface area contributed by atoms with E-state index in [1.807, 2.05) is 0 Å². The van der Waals surface area contributed by atoms with E-state index in [1.54, 1.807) is 0 Å². The van der Waals surface area contributed by atoms with E-state index in [2.05, 4.69) is 15.6 Å². The standard InChI is InChI=1S/C6H11N3O2/c1-4(5(10)11)9-6-7-2-3-8-6/h4H,2-3H2,1H3,(H,10,11)(H2,7,8,9)/t4-/m1/s1. The average Bonchev–Trinajstić information content (AvgIpc) is 2.39. The third kappa shape index (κ3) is 2.10. The summed E-state index contributed by atoms with van der Waals surface area (Å²) in [6, 6.07) is -0.664. The summed E-state index contributed by atoms with van der Waals surface area (Å²) in [4.78, 5) is 13.2. The Balaban J connectivity index is 2.35. The second-order valence-corrected chi connectivity index (χ2v) is 2.41. The summed E-state index contributed by atoms with van der Waals surface area (Å²) in [6.45, 7) is 3.17. The zero-order valence-electron chi connectivity index (χ0n) is 6.31. The van der Waals surface area contributed by atoms with Crippen molar-refractivity contribution in [1.82, 2.24) is 10.6 Å². The van der Waals surface area contributed by atoms with Crippen LogP contribution in [0.2, 0.25) is 0 Å². The fourth-order valence-corrected chi connectivity index (χ4v) is 0.815. The van der Waals surface area contributed by atoms with Crippen molar-refractivity contribution in [2.24, 2.45) is 0 Å². The fraction of sp³-hybridized carbons (Fsp3) is 0.667. The van der Waals surface area contributed by atoms with Crippen LogP contribution in [0.1, 0.15) is 6.92 Å². The van der Waals surface area contributed by atoms with Gasteiger partial charge in [-0.1, -0.05) is 0 Å². The number of hydrogen-bond acceptors (Lipinski definition) is 4. The minimum atomic E-state index is -1.10. The molecule has 1 atom stereocenters. The SMILES string of the molecule is C[C@@H](NC1=[NH+]CCN1)C(=O)[O-]. The van der Waals surface area contributed by atoms with Crippen LogP contribution >= 0.6 is 0 Å². The second kappa shape index (κ2) is 3.23. The first kappa shape index (κ1) is 7.84. The Labute approximate surface area is 64.5 Å². The normalized spacial score (nSPS) is 18.5. The van der Waals surface area contributed by atoms with Gasteiger partial charge in [0.1, 0.15) is 6.04 Å². The van der Waals surface area contributed by atoms with E-state index in [0.29, 0.717) is 5.96 Å². The Morgan fingerprint density at radius 1 is 1.91 bits per heavy atom. The highest BCUT2D eigenvalue weighted by Gasteiger charge is 2.14. The van der Waals surface area contributed by atoms with Crippen LogP contribution in [0.25, 0.3) is 0 Å². The summed E-state index contributed by atoms with van der Waals surface area (Å²) < 4.78 is 0. The third-order valence-electron chi connectivity index (χ3n) is 1.44. The van der Waals surface area contributed by atoms with Gasteiger partial charge in [-0.2, -0.15) is 0 Å². The molecule has 0 spiro atoms. The highest BCUT2D eigenvalue weighted by Crippen LogP contribution is 1.75. The fourth-order valence-electron chi connectivity index (χ4n) is 0.815. The number of carbonyl (C=O) groups is 1. The predicted octanol–water partition coefficient (Wildman–Crippen LogP) is -4.25. The number of guanidine groups is 1. The average molecular weight is 157 g/mol. The quantitative estimate of drug-likeness (QED) is 0.379. The summed E-state index contributed by atoms with van der Waals surface area (Å²) >= 11 is 0. The maximum absolute atomic E-state index is 10.2. The minimum absolute atomic E-state index is 0.664. The molecule has 0 aliphatic carbocycles. The van der Waals surface area contributed by atoms with Crippen LogP contribution in [0.4, 0.5) is 0 Å². The molecule has 0 aromatic rings. The largest absolute Gasteiger partial charge is 0.546 e. The summed E-state index contributed by atoms with van der Waals surface area (Å²) in [5, 5.41) is 15.9. The number of carboxylic acids is 1. The minimum Gasteiger partial charge on any atom is -0.546 e. The van der Waals surface area contributed by atoms with Gasteiger partial charge in [-0.3, -0.25) is 15.6 Å². The molecule has 0 fully saturated rings. The van der Waals surface area contributed by atoms with Gasteiger partial charge in [-0.05, 0) is 6.92 Å². The van der Waals surface area contributed by atoms with E-state index in [1.165, 1.54) is 6.92 Å². The molecule has 0 radical (unpaired) electrons. The molecular weight excluding hydrogens is 146 g/mol. The molecule has 0 amide bonds. The molecule has 11 heavy (non-hydrogen) atoms. The number of rotatable bonds is 2. The summed E-state index contributed by atoms with van der Waals surface area (Å²) in [5.74, 6) is -0.435. The van der Waals surface area contributed by atoms with Crippen LogP contribution in [0.5, 0.6) is 0 Å². The number of aliphatic carboxylic acids is 1. The van der Waals surface area contributed by atoms with Crippen molar-refractivity contribution < 1.29 is 14.9 Å². The van der Waals surface area contributed by atoms with Crippen LogP contribution in [0.15, 0.2) is 0 Å². The molecule has 3 N–H and O–H groups in total. The molecule has 62 valence electrons. The topological polar surface area (TPSA) is 78.2 Å². The van der Waals surface area contributed by atoms with E-state index in [4.69, 9.17) is 0 Å². The van der Waals surface area contributed by atoms with E-state index >= 15 is 0 Å². The van der Waals surface area contributed by atoms with Crippen molar-refractivity contribution in [2.45, 2.75) is 13.0 Å². The van der Waals surface area contributed by atoms with Gasteiger partial charge in [-0.15, -0.1) is 0 Å². The van der Waals surface area contributed by atoms with Crippen LogP contribution in [-0.2, 0) is 4.79 Å². The smallest absolute Gasteiger partial charge is 0.344 e. The molecule has 1 heterocycles. The first-order valence-electron chi connectivity index (χ1n) is 3.52. The van der Waals surface area contributed by atoms with Crippen molar-refractivity contribution in [3.05, 3.63) is 0 Å². The van der Waals surface area contributed by atoms with Crippen molar-refractivity contribution in [2.75, 3.05) is 13.1 Å². The highest BCUT2D eigenvalue weighted by atomic mass is 16.4. The lowest BCUT2D eigenvalue weighted by Crippen LogP contribution is -2.75. The molecule has 0 aromatic carbocycles. The Morgan fingerprint density at radius 2 is 2.64 bits per heavy atom. The van der Waals surface area contributed by atoms with Gasteiger partial charge in [-0.25, -0.2) is 0 Å². The Morgan fingerprint density at radius 3 is 3.09 bits per heavy atom. The van der Waals surface area contributed by atoms with E-state index in [0.717, 1.165) is 13.1 Å². The summed E-state index contributed by atoms with van der Waals surface area (Å²) in [6.07, 6.45) is 0. The second-order valence-electron chi connectivity index (χ2n) is 2.41. The molecule has 5 heteroatoms. The van der Waals surface area contributed by atoms with Gasteiger partial charge >= 0.3 is 5.96 Å². The number of nitrogens with one attached hydrogen (secondary N) is 3. The lowest BCUT2D eigenvalue weighted by molar-refractivity contribution is -0.447. The molecule has 1 rings (SSSR count). The number of carbonyl (C=O) groups excluding carboxylic acids is 1. The molecule has 1 aliphatic rings. The van der Waals surface area contributed by atoms with Gasteiger partial charge in [0.15, 0.2) is 0 Å².